The molecular formula is C17H23F3N6O3. The van der Waals surface area contributed by atoms with Gasteiger partial charge in [-0.15, -0.1) is 0 Å². The second-order valence-corrected chi connectivity index (χ2v) is 7.00. The van der Waals surface area contributed by atoms with Gasteiger partial charge >= 0.3 is 12.1 Å². The summed E-state index contributed by atoms with van der Waals surface area (Å²) in [4.78, 5) is 20.0. The van der Waals surface area contributed by atoms with Gasteiger partial charge in [-0.25, -0.2) is 19.4 Å². The number of ether oxygens (including phenoxy) is 1. The van der Waals surface area contributed by atoms with Crippen LogP contribution in [0.3, 0.4) is 0 Å². The molecule has 0 unspecified atom stereocenters. The van der Waals surface area contributed by atoms with Crippen molar-refractivity contribution in [3.05, 3.63) is 30.4 Å². The van der Waals surface area contributed by atoms with Gasteiger partial charge in [0.25, 0.3) is 0 Å². The molecule has 0 aromatic carbocycles. The SMILES string of the molecule is O=C(O)C(F)(F)F.c1ncn(Cc2cnc3n2CCN(CC2CCOCC2)C3)n1. The lowest BCUT2D eigenvalue weighted by molar-refractivity contribution is -0.192. The first-order valence-electron chi connectivity index (χ1n) is 9.29. The molecule has 0 bridgehead atoms. The predicted molar refractivity (Wildman–Crippen MR) is 93.9 cm³/mol. The van der Waals surface area contributed by atoms with Crippen molar-refractivity contribution in [2.45, 2.75) is 38.7 Å². The van der Waals surface area contributed by atoms with Gasteiger partial charge in [0.1, 0.15) is 18.5 Å². The van der Waals surface area contributed by atoms with E-state index in [1.807, 2.05) is 10.9 Å². The van der Waals surface area contributed by atoms with E-state index in [2.05, 4.69) is 24.5 Å². The molecule has 2 aliphatic rings. The topological polar surface area (TPSA) is 98.3 Å². The Morgan fingerprint density at radius 3 is 2.62 bits per heavy atom. The molecule has 1 saturated heterocycles. The quantitative estimate of drug-likeness (QED) is 0.804. The van der Waals surface area contributed by atoms with E-state index in [0.29, 0.717) is 0 Å². The number of fused-ring (bicyclic) bond motifs is 1. The highest BCUT2D eigenvalue weighted by Crippen LogP contribution is 2.20. The highest BCUT2D eigenvalue weighted by molar-refractivity contribution is 5.73. The Labute approximate surface area is 165 Å². The maximum atomic E-state index is 10.6. The number of alkyl halides is 3. The smallest absolute Gasteiger partial charge is 0.475 e. The number of carboxylic acid groups (broad SMARTS) is 1. The molecule has 0 radical (unpaired) electrons. The number of imidazole rings is 1. The molecule has 2 aromatic heterocycles. The summed E-state index contributed by atoms with van der Waals surface area (Å²) in [7, 11) is 0. The Balaban J connectivity index is 0.000000298. The van der Waals surface area contributed by atoms with E-state index in [1.54, 1.807) is 12.7 Å². The van der Waals surface area contributed by atoms with Gasteiger partial charge in [-0.05, 0) is 18.8 Å². The normalized spacial score (nSPS) is 18.0. The first kappa shape index (κ1) is 21.2. The number of hydrogen-bond acceptors (Lipinski definition) is 6. The molecule has 0 spiro atoms. The van der Waals surface area contributed by atoms with Crippen molar-refractivity contribution < 1.29 is 27.8 Å². The fourth-order valence-electron chi connectivity index (χ4n) is 3.43. The van der Waals surface area contributed by atoms with E-state index < -0.39 is 12.1 Å². The number of nitrogens with zero attached hydrogens (tertiary/aromatic N) is 6. The lowest BCUT2D eigenvalue weighted by Crippen LogP contribution is -2.38. The molecule has 29 heavy (non-hydrogen) atoms. The number of carbonyl (C=O) groups is 1. The number of aliphatic carboxylic acids is 1. The minimum Gasteiger partial charge on any atom is -0.475 e. The Hall–Kier alpha value is -2.47. The van der Waals surface area contributed by atoms with Gasteiger partial charge in [0.2, 0.25) is 0 Å². The van der Waals surface area contributed by atoms with Crippen molar-refractivity contribution in [2.75, 3.05) is 26.3 Å². The van der Waals surface area contributed by atoms with Crippen molar-refractivity contribution in [1.29, 1.82) is 0 Å². The van der Waals surface area contributed by atoms with Gasteiger partial charge in [-0.1, -0.05) is 0 Å². The standard InChI is InChI=1S/C15H22N6O.C2HF3O2/c1-5-22-6-2-13(1)8-19-3-4-21-14(7-17-15(21)10-19)9-20-12-16-11-18-20;3-2(4,5)1(6)7/h7,11-13H,1-6,8-10H2;(H,6,7). The predicted octanol–water partition coefficient (Wildman–Crippen LogP) is 1.40. The minimum atomic E-state index is -5.08. The molecule has 0 amide bonds. The second-order valence-electron chi connectivity index (χ2n) is 7.00. The van der Waals surface area contributed by atoms with E-state index in [4.69, 9.17) is 14.6 Å². The fourth-order valence-corrected chi connectivity index (χ4v) is 3.43. The molecule has 0 atom stereocenters. The Bertz CT molecular complexity index is 787. The van der Waals surface area contributed by atoms with E-state index in [1.165, 1.54) is 30.9 Å². The van der Waals surface area contributed by atoms with Crippen LogP contribution in [0, 0.1) is 5.92 Å². The van der Waals surface area contributed by atoms with Crippen molar-refractivity contribution >= 4 is 5.97 Å². The molecular weight excluding hydrogens is 393 g/mol. The second kappa shape index (κ2) is 9.35. The van der Waals surface area contributed by atoms with Gasteiger partial charge in [-0.2, -0.15) is 18.3 Å². The summed E-state index contributed by atoms with van der Waals surface area (Å²) in [5.41, 5.74) is 1.21. The zero-order valence-corrected chi connectivity index (χ0v) is 15.8. The average molecular weight is 416 g/mol. The van der Waals surface area contributed by atoms with Crippen LogP contribution in [-0.2, 0) is 29.2 Å². The third kappa shape index (κ3) is 6.00. The monoisotopic (exact) mass is 416 g/mol. The molecule has 2 aromatic rings. The van der Waals surface area contributed by atoms with Gasteiger partial charge in [0.15, 0.2) is 0 Å². The highest BCUT2D eigenvalue weighted by atomic mass is 19.4. The molecule has 160 valence electrons. The molecule has 1 fully saturated rings. The van der Waals surface area contributed by atoms with Crippen LogP contribution in [0.5, 0.6) is 0 Å². The molecule has 12 heteroatoms. The zero-order valence-electron chi connectivity index (χ0n) is 15.8. The first-order valence-corrected chi connectivity index (χ1v) is 9.29. The maximum Gasteiger partial charge on any atom is 0.490 e. The van der Waals surface area contributed by atoms with Gasteiger partial charge in [0.05, 0.1) is 25.0 Å². The van der Waals surface area contributed by atoms with Crippen LogP contribution < -0.4 is 0 Å². The lowest BCUT2D eigenvalue weighted by Gasteiger charge is -2.33. The van der Waals surface area contributed by atoms with E-state index >= 15 is 0 Å². The molecule has 9 nitrogen and oxygen atoms in total. The van der Waals surface area contributed by atoms with Crippen LogP contribution in [0.15, 0.2) is 18.9 Å². The van der Waals surface area contributed by atoms with Crippen molar-refractivity contribution in [1.82, 2.24) is 29.2 Å². The van der Waals surface area contributed by atoms with E-state index in [0.717, 1.165) is 45.3 Å². The van der Waals surface area contributed by atoms with Gasteiger partial charge in [-0.3, -0.25) is 4.90 Å². The number of carboxylic acids is 1. The van der Waals surface area contributed by atoms with Crippen molar-refractivity contribution in [3.63, 3.8) is 0 Å². The summed E-state index contributed by atoms with van der Waals surface area (Å²) in [6, 6.07) is 0. The number of hydrogen-bond donors (Lipinski definition) is 1. The summed E-state index contributed by atoms with van der Waals surface area (Å²) in [5.74, 6) is -0.800. The summed E-state index contributed by atoms with van der Waals surface area (Å²) in [6.07, 6.45) is 2.61. The molecule has 4 heterocycles. The molecule has 0 aliphatic carbocycles. The summed E-state index contributed by atoms with van der Waals surface area (Å²) < 4.78 is 41.4. The van der Waals surface area contributed by atoms with Crippen LogP contribution in [0.1, 0.15) is 24.4 Å². The number of halogens is 3. The molecule has 4 rings (SSSR count). The highest BCUT2D eigenvalue weighted by Gasteiger charge is 2.38. The van der Waals surface area contributed by atoms with Gasteiger partial charge in [0, 0.05) is 32.8 Å². The third-order valence-electron chi connectivity index (χ3n) is 4.92. The maximum absolute atomic E-state index is 10.6. The summed E-state index contributed by atoms with van der Waals surface area (Å²) >= 11 is 0. The number of rotatable bonds is 4. The minimum absolute atomic E-state index is 0.743. The lowest BCUT2D eigenvalue weighted by atomic mass is 9.99. The van der Waals surface area contributed by atoms with Crippen LogP contribution in [0.2, 0.25) is 0 Å². The molecule has 0 saturated carbocycles. The van der Waals surface area contributed by atoms with E-state index in [9.17, 15) is 13.2 Å². The molecule has 1 N–H and O–H groups in total. The van der Waals surface area contributed by atoms with Gasteiger partial charge < -0.3 is 14.4 Å². The van der Waals surface area contributed by atoms with Crippen LogP contribution in [0.25, 0.3) is 0 Å². The van der Waals surface area contributed by atoms with Crippen LogP contribution >= 0.6 is 0 Å². The Morgan fingerprint density at radius 2 is 2.00 bits per heavy atom. The fraction of sp³-hybridized carbons (Fsp3) is 0.647. The third-order valence-corrected chi connectivity index (χ3v) is 4.92. The van der Waals surface area contributed by atoms with Crippen LogP contribution in [-0.4, -0.2) is 72.8 Å². The molecule has 2 aliphatic heterocycles. The largest absolute Gasteiger partial charge is 0.490 e. The average Bonchev–Trinajstić information content (AvgIpc) is 3.33. The first-order chi connectivity index (χ1) is 13.8. The number of aromatic nitrogens is 5. The van der Waals surface area contributed by atoms with E-state index in [-0.39, 0.29) is 0 Å². The zero-order chi connectivity index (χ0) is 20.9. The summed E-state index contributed by atoms with van der Waals surface area (Å²) in [5, 5.41) is 11.3. The van der Waals surface area contributed by atoms with Crippen molar-refractivity contribution in [2.24, 2.45) is 5.92 Å². The Morgan fingerprint density at radius 1 is 1.28 bits per heavy atom. The summed E-state index contributed by atoms with van der Waals surface area (Å²) in [6.45, 7) is 6.84. The van der Waals surface area contributed by atoms with Crippen molar-refractivity contribution in [3.8, 4) is 0 Å². The van der Waals surface area contributed by atoms with Crippen LogP contribution in [0.4, 0.5) is 13.2 Å². The Kier molecular flexibility index (Phi) is 6.85.